The molecular weight excluding hydrogens is 216 g/mol. The van der Waals surface area contributed by atoms with E-state index in [4.69, 9.17) is 0 Å². The quantitative estimate of drug-likeness (QED) is 0.828. The molecule has 0 aromatic carbocycles. The molecule has 0 amide bonds. The van der Waals surface area contributed by atoms with E-state index in [1.54, 1.807) is 11.0 Å². The Bertz CT molecular complexity index is 472. The molecule has 0 saturated heterocycles. The van der Waals surface area contributed by atoms with E-state index in [-0.39, 0.29) is 6.04 Å². The van der Waals surface area contributed by atoms with Crippen LogP contribution >= 0.6 is 0 Å². The van der Waals surface area contributed by atoms with Crippen LogP contribution in [0.4, 0.5) is 0 Å². The third-order valence-corrected chi connectivity index (χ3v) is 2.67. The molecule has 92 valence electrons. The number of hydrogen-bond acceptors (Lipinski definition) is 4. The molecule has 0 spiro atoms. The first-order chi connectivity index (χ1) is 8.26. The number of nitrogens with zero attached hydrogens (tertiary/aromatic N) is 5. The molecule has 17 heavy (non-hydrogen) atoms. The molecule has 0 aliphatic rings. The fraction of sp³-hybridized carbons (Fsp3) is 0.545. The maximum absolute atomic E-state index is 4.42. The van der Waals surface area contributed by atoms with E-state index in [1.165, 1.54) is 0 Å². The molecule has 0 saturated carbocycles. The Labute approximate surface area is 101 Å². The number of aromatic nitrogens is 5. The molecule has 0 fully saturated rings. The van der Waals surface area contributed by atoms with Crippen LogP contribution in [0.5, 0.6) is 0 Å². The monoisotopic (exact) mass is 234 g/mol. The van der Waals surface area contributed by atoms with Crippen LogP contribution in [0.2, 0.25) is 0 Å². The summed E-state index contributed by atoms with van der Waals surface area (Å²) in [6, 6.07) is -0.00903. The highest BCUT2D eigenvalue weighted by Crippen LogP contribution is 2.17. The number of hydrogen-bond donors (Lipinski definition) is 1. The van der Waals surface area contributed by atoms with Gasteiger partial charge in [-0.15, -0.1) is 0 Å². The van der Waals surface area contributed by atoms with Crippen molar-refractivity contribution < 1.29 is 0 Å². The molecule has 0 bridgehead atoms. The molecule has 1 atom stereocenters. The number of aryl methyl sites for hydroxylation is 2. The van der Waals surface area contributed by atoms with Gasteiger partial charge in [-0.2, -0.15) is 15.0 Å². The topological polar surface area (TPSA) is 60.6 Å². The smallest absolute Gasteiger partial charge is 0.132 e. The van der Waals surface area contributed by atoms with E-state index in [2.05, 4.69) is 32.0 Å². The van der Waals surface area contributed by atoms with Gasteiger partial charge in [0.25, 0.3) is 0 Å². The van der Waals surface area contributed by atoms with Crippen LogP contribution in [-0.2, 0) is 13.6 Å². The van der Waals surface area contributed by atoms with Crippen LogP contribution in [0, 0.1) is 0 Å². The predicted octanol–water partition coefficient (Wildman–Crippen LogP) is 0.730. The van der Waals surface area contributed by atoms with Gasteiger partial charge in [0.05, 0.1) is 6.20 Å². The fourth-order valence-corrected chi connectivity index (χ4v) is 1.91. The number of rotatable bonds is 5. The molecule has 0 aliphatic heterocycles. The van der Waals surface area contributed by atoms with Crippen molar-refractivity contribution in [3.63, 3.8) is 0 Å². The van der Waals surface area contributed by atoms with Crippen molar-refractivity contribution in [3.05, 3.63) is 30.1 Å². The molecule has 6 heteroatoms. The summed E-state index contributed by atoms with van der Waals surface area (Å²) >= 11 is 0. The third-order valence-electron chi connectivity index (χ3n) is 2.67. The van der Waals surface area contributed by atoms with E-state index in [0.29, 0.717) is 0 Å². The van der Waals surface area contributed by atoms with Gasteiger partial charge in [-0.05, 0) is 13.5 Å². The highest BCUT2D eigenvalue weighted by atomic mass is 15.5. The van der Waals surface area contributed by atoms with Gasteiger partial charge in [-0.3, -0.25) is 0 Å². The normalized spacial score (nSPS) is 12.9. The zero-order valence-corrected chi connectivity index (χ0v) is 10.5. The van der Waals surface area contributed by atoms with Crippen molar-refractivity contribution in [2.24, 2.45) is 7.05 Å². The second-order valence-corrected chi connectivity index (χ2v) is 3.96. The maximum atomic E-state index is 4.42. The van der Waals surface area contributed by atoms with Crippen LogP contribution in [0.15, 0.2) is 18.6 Å². The van der Waals surface area contributed by atoms with Gasteiger partial charge < -0.3 is 9.88 Å². The van der Waals surface area contributed by atoms with Crippen molar-refractivity contribution in [2.45, 2.75) is 25.9 Å². The molecule has 2 aromatic rings. The molecular formula is C11H18N6. The summed E-state index contributed by atoms with van der Waals surface area (Å²) in [4.78, 5) is 5.98. The summed E-state index contributed by atoms with van der Waals surface area (Å²) < 4.78 is 2.15. The Morgan fingerprint density at radius 1 is 1.47 bits per heavy atom. The lowest BCUT2D eigenvalue weighted by Crippen LogP contribution is -2.22. The minimum Gasteiger partial charge on any atom is -0.333 e. The zero-order valence-electron chi connectivity index (χ0n) is 10.5. The predicted molar refractivity (Wildman–Crippen MR) is 64.4 cm³/mol. The molecule has 2 rings (SSSR count). The van der Waals surface area contributed by atoms with Gasteiger partial charge in [0.2, 0.25) is 0 Å². The SMILES string of the molecule is CCCn1ccnc1C(NC)c1cnn(C)n1. The Hall–Kier alpha value is -1.69. The fourth-order valence-electron chi connectivity index (χ4n) is 1.91. The molecule has 0 radical (unpaired) electrons. The van der Waals surface area contributed by atoms with E-state index in [9.17, 15) is 0 Å². The molecule has 2 aromatic heterocycles. The Kier molecular flexibility index (Phi) is 3.53. The first-order valence-corrected chi connectivity index (χ1v) is 5.80. The van der Waals surface area contributed by atoms with E-state index >= 15 is 0 Å². The van der Waals surface area contributed by atoms with Crippen molar-refractivity contribution >= 4 is 0 Å². The molecule has 1 N–H and O–H groups in total. The first kappa shape index (κ1) is 11.8. The number of imidazole rings is 1. The van der Waals surface area contributed by atoms with E-state index < -0.39 is 0 Å². The van der Waals surface area contributed by atoms with Crippen molar-refractivity contribution in [1.29, 1.82) is 0 Å². The minimum absolute atomic E-state index is 0.00903. The standard InChI is InChI=1S/C11H18N6/c1-4-6-17-7-5-13-11(17)10(12-2)9-8-14-16(3)15-9/h5,7-8,10,12H,4,6H2,1-3H3. The summed E-state index contributed by atoms with van der Waals surface area (Å²) in [5.74, 6) is 0.981. The Balaban J connectivity index is 2.31. The average molecular weight is 234 g/mol. The van der Waals surface area contributed by atoms with Crippen molar-refractivity contribution in [1.82, 2.24) is 29.9 Å². The summed E-state index contributed by atoms with van der Waals surface area (Å²) in [5, 5.41) is 11.7. The molecule has 2 heterocycles. The minimum atomic E-state index is -0.00903. The second-order valence-electron chi connectivity index (χ2n) is 3.96. The van der Waals surface area contributed by atoms with Gasteiger partial charge in [0.15, 0.2) is 0 Å². The zero-order chi connectivity index (χ0) is 12.3. The highest BCUT2D eigenvalue weighted by Gasteiger charge is 2.19. The summed E-state index contributed by atoms with van der Waals surface area (Å²) in [6.45, 7) is 3.12. The molecule has 6 nitrogen and oxygen atoms in total. The van der Waals surface area contributed by atoms with Crippen molar-refractivity contribution in [2.75, 3.05) is 7.05 Å². The van der Waals surface area contributed by atoms with Gasteiger partial charge in [-0.25, -0.2) is 4.98 Å². The van der Waals surface area contributed by atoms with Gasteiger partial charge >= 0.3 is 0 Å². The summed E-state index contributed by atoms with van der Waals surface area (Å²) in [7, 11) is 3.72. The van der Waals surface area contributed by atoms with Crippen LogP contribution in [0.3, 0.4) is 0 Å². The Morgan fingerprint density at radius 2 is 2.29 bits per heavy atom. The number of nitrogens with one attached hydrogen (secondary N) is 1. The van der Waals surface area contributed by atoms with Gasteiger partial charge in [0.1, 0.15) is 17.6 Å². The summed E-state index contributed by atoms with van der Waals surface area (Å²) in [5.41, 5.74) is 0.888. The van der Waals surface area contributed by atoms with Gasteiger partial charge in [0, 0.05) is 26.0 Å². The maximum Gasteiger partial charge on any atom is 0.132 e. The third kappa shape index (κ3) is 2.36. The summed E-state index contributed by atoms with van der Waals surface area (Å²) in [6.07, 6.45) is 6.68. The van der Waals surface area contributed by atoms with Crippen LogP contribution in [0.25, 0.3) is 0 Å². The van der Waals surface area contributed by atoms with E-state index in [0.717, 1.165) is 24.5 Å². The lowest BCUT2D eigenvalue weighted by molar-refractivity contribution is 0.549. The van der Waals surface area contributed by atoms with Crippen LogP contribution in [-0.4, -0.2) is 31.6 Å². The largest absolute Gasteiger partial charge is 0.333 e. The Morgan fingerprint density at radius 3 is 2.88 bits per heavy atom. The highest BCUT2D eigenvalue weighted by molar-refractivity contribution is 5.14. The molecule has 0 aliphatic carbocycles. The average Bonchev–Trinajstić information content (AvgIpc) is 2.91. The van der Waals surface area contributed by atoms with Gasteiger partial charge in [-0.1, -0.05) is 6.92 Å². The lowest BCUT2D eigenvalue weighted by atomic mass is 10.2. The van der Waals surface area contributed by atoms with Crippen LogP contribution < -0.4 is 5.32 Å². The second kappa shape index (κ2) is 5.09. The van der Waals surface area contributed by atoms with Crippen molar-refractivity contribution in [3.8, 4) is 0 Å². The van der Waals surface area contributed by atoms with E-state index in [1.807, 2.05) is 26.5 Å². The lowest BCUT2D eigenvalue weighted by Gasteiger charge is -2.14. The first-order valence-electron chi connectivity index (χ1n) is 5.80. The molecule has 1 unspecified atom stereocenters. The van der Waals surface area contributed by atoms with Crippen LogP contribution in [0.1, 0.15) is 30.9 Å².